The van der Waals surface area contributed by atoms with E-state index in [2.05, 4.69) is 0 Å². The Balaban J connectivity index is 1.57. The second kappa shape index (κ2) is 9.80. The van der Waals surface area contributed by atoms with Crippen molar-refractivity contribution < 1.29 is 9.59 Å². The molecule has 0 radical (unpaired) electrons. The Hall–Kier alpha value is -3.83. The summed E-state index contributed by atoms with van der Waals surface area (Å²) in [4.78, 5) is 31.2. The van der Waals surface area contributed by atoms with Gasteiger partial charge in [0.15, 0.2) is 4.75 Å². The maximum atomic E-state index is 14.1. The molecule has 4 aromatic rings. The molecule has 0 saturated carbocycles. The van der Waals surface area contributed by atoms with Crippen molar-refractivity contribution >= 4 is 28.6 Å². The largest absolute Gasteiger partial charge is 0.332 e. The van der Waals surface area contributed by atoms with Gasteiger partial charge in [0.2, 0.25) is 0 Å². The Morgan fingerprint density at radius 2 is 1.31 bits per heavy atom. The van der Waals surface area contributed by atoms with Gasteiger partial charge in [0.05, 0.1) is 6.04 Å². The molecule has 1 aliphatic rings. The molecule has 5 heteroatoms. The highest BCUT2D eigenvalue weighted by atomic mass is 32.2. The Bertz CT molecular complexity index is 1300. The van der Waals surface area contributed by atoms with Crippen molar-refractivity contribution in [3.05, 3.63) is 138 Å². The third-order valence-corrected chi connectivity index (χ3v) is 7.80. The number of hydrogen-bond donors (Lipinski definition) is 0. The molecule has 1 heterocycles. The van der Waals surface area contributed by atoms with E-state index < -0.39 is 4.75 Å². The maximum Gasteiger partial charge on any atom is 0.283 e. The number of rotatable bonds is 6. The average Bonchev–Trinajstić information content (AvgIpc) is 2.92. The molecule has 0 N–H and O–H groups in total. The minimum atomic E-state index is -1.07. The number of amides is 2. The smallest absolute Gasteiger partial charge is 0.283 e. The summed E-state index contributed by atoms with van der Waals surface area (Å²) in [5.74, 6) is -0.0878. The molecule has 5 rings (SSSR count). The number of carbonyl (C=O) groups excluding carboxylic acids is 2. The molecule has 0 spiro atoms. The maximum absolute atomic E-state index is 14.1. The van der Waals surface area contributed by atoms with E-state index in [1.807, 2.05) is 126 Å². The van der Waals surface area contributed by atoms with Gasteiger partial charge in [-0.1, -0.05) is 109 Å². The normalized spacial score (nSPS) is 19.2. The Morgan fingerprint density at radius 1 is 0.800 bits per heavy atom. The number of para-hydroxylation sites is 1. The number of β-lactam (4-membered cyclic amide) rings is 1. The first-order valence-electron chi connectivity index (χ1n) is 11.6. The number of anilines is 1. The quantitative estimate of drug-likeness (QED) is 0.291. The molecule has 174 valence electrons. The van der Waals surface area contributed by atoms with Crippen LogP contribution in [0.15, 0.2) is 121 Å². The summed E-state index contributed by atoms with van der Waals surface area (Å²) in [5, 5.41) is -0.139. The van der Waals surface area contributed by atoms with Crippen LogP contribution in [0.2, 0.25) is 0 Å². The number of benzene rings is 4. The summed E-state index contributed by atoms with van der Waals surface area (Å²) in [6.07, 6.45) is 0. The van der Waals surface area contributed by atoms with Crippen LogP contribution >= 0.6 is 11.8 Å². The van der Waals surface area contributed by atoms with Crippen molar-refractivity contribution in [3.63, 3.8) is 0 Å². The van der Waals surface area contributed by atoms with Crippen LogP contribution in [0, 0.1) is 0 Å². The standard InChI is InChI=1S/C30H26N2O2S/c1-31(22-23-14-6-2-7-15-23)29(34)35-30(25-18-10-4-11-19-25)27(24-16-8-3-9-17-24)32(28(30)33)26-20-12-5-13-21-26/h2-21,27H,22H2,1H3/t27-,30+/m1/s1. The van der Waals surface area contributed by atoms with E-state index in [4.69, 9.17) is 0 Å². The highest BCUT2D eigenvalue weighted by Crippen LogP contribution is 2.60. The molecule has 2 amide bonds. The molecule has 4 aromatic carbocycles. The topological polar surface area (TPSA) is 40.6 Å². The fraction of sp³-hybridized carbons (Fsp3) is 0.133. The first-order chi connectivity index (χ1) is 17.1. The predicted molar refractivity (Wildman–Crippen MR) is 142 cm³/mol. The summed E-state index contributed by atoms with van der Waals surface area (Å²) in [6.45, 7) is 0.476. The first-order valence-corrected chi connectivity index (χ1v) is 12.4. The van der Waals surface area contributed by atoms with Crippen LogP contribution in [0.5, 0.6) is 0 Å². The van der Waals surface area contributed by atoms with Gasteiger partial charge in [-0.2, -0.15) is 0 Å². The third-order valence-electron chi connectivity index (χ3n) is 6.35. The van der Waals surface area contributed by atoms with Crippen molar-refractivity contribution in [1.29, 1.82) is 0 Å². The molecule has 35 heavy (non-hydrogen) atoms. The highest BCUT2D eigenvalue weighted by molar-refractivity contribution is 8.15. The molecule has 0 aliphatic carbocycles. The van der Waals surface area contributed by atoms with Crippen LogP contribution in [0.3, 0.4) is 0 Å². The zero-order valence-corrected chi connectivity index (χ0v) is 20.3. The fourth-order valence-corrected chi connectivity index (χ4v) is 5.95. The lowest BCUT2D eigenvalue weighted by Gasteiger charge is -2.55. The van der Waals surface area contributed by atoms with Crippen LogP contribution in [0.25, 0.3) is 0 Å². The summed E-state index contributed by atoms with van der Waals surface area (Å²) in [5.41, 5.74) is 3.69. The van der Waals surface area contributed by atoms with Crippen molar-refractivity contribution in [2.45, 2.75) is 17.3 Å². The van der Waals surface area contributed by atoms with Gasteiger partial charge >= 0.3 is 0 Å². The van der Waals surface area contributed by atoms with Crippen LogP contribution in [0.1, 0.15) is 22.7 Å². The zero-order chi connectivity index (χ0) is 24.3. The Labute approximate surface area is 210 Å². The van der Waals surface area contributed by atoms with Crippen LogP contribution in [-0.2, 0) is 16.1 Å². The van der Waals surface area contributed by atoms with E-state index in [1.54, 1.807) is 11.9 Å². The van der Waals surface area contributed by atoms with E-state index in [1.165, 1.54) is 0 Å². The lowest BCUT2D eigenvalue weighted by atomic mass is 9.76. The minimum absolute atomic E-state index is 0.0878. The Morgan fingerprint density at radius 3 is 1.91 bits per heavy atom. The van der Waals surface area contributed by atoms with E-state index in [-0.39, 0.29) is 17.2 Å². The van der Waals surface area contributed by atoms with Gasteiger partial charge in [0.25, 0.3) is 11.1 Å². The molecule has 1 fully saturated rings. The zero-order valence-electron chi connectivity index (χ0n) is 19.5. The summed E-state index contributed by atoms with van der Waals surface area (Å²) in [7, 11) is 1.79. The summed E-state index contributed by atoms with van der Waals surface area (Å²) < 4.78 is -1.07. The van der Waals surface area contributed by atoms with Gasteiger partial charge in [0.1, 0.15) is 0 Å². The fourth-order valence-electron chi connectivity index (χ4n) is 4.67. The van der Waals surface area contributed by atoms with Gasteiger partial charge in [-0.15, -0.1) is 0 Å². The minimum Gasteiger partial charge on any atom is -0.332 e. The van der Waals surface area contributed by atoms with Crippen molar-refractivity contribution in [2.75, 3.05) is 11.9 Å². The first kappa shape index (κ1) is 22.9. The SMILES string of the molecule is CN(Cc1ccccc1)C(=O)S[C@]1(c2ccccc2)C(=O)N(c2ccccc2)[C@@H]1c1ccccc1. The third kappa shape index (κ3) is 4.24. The molecule has 1 aliphatic heterocycles. The van der Waals surface area contributed by atoms with Crippen LogP contribution < -0.4 is 4.90 Å². The van der Waals surface area contributed by atoms with Gasteiger partial charge in [-0.3, -0.25) is 9.59 Å². The number of nitrogens with zero attached hydrogens (tertiary/aromatic N) is 2. The van der Waals surface area contributed by atoms with Crippen molar-refractivity contribution in [2.24, 2.45) is 0 Å². The lowest BCUT2D eigenvalue weighted by Crippen LogP contribution is -2.65. The number of hydrogen-bond acceptors (Lipinski definition) is 3. The van der Waals surface area contributed by atoms with Crippen molar-refractivity contribution in [3.8, 4) is 0 Å². The van der Waals surface area contributed by atoms with Gasteiger partial charge in [0, 0.05) is 19.3 Å². The lowest BCUT2D eigenvalue weighted by molar-refractivity contribution is -0.128. The molecule has 2 atom stereocenters. The second-order valence-electron chi connectivity index (χ2n) is 8.64. The van der Waals surface area contributed by atoms with E-state index >= 15 is 0 Å². The van der Waals surface area contributed by atoms with Gasteiger partial charge in [-0.05, 0) is 40.6 Å². The monoisotopic (exact) mass is 478 g/mol. The van der Waals surface area contributed by atoms with E-state index in [9.17, 15) is 9.59 Å². The number of carbonyl (C=O) groups is 2. The summed E-state index contributed by atoms with van der Waals surface area (Å²) in [6, 6.07) is 38.9. The number of thioether (sulfide) groups is 1. The van der Waals surface area contributed by atoms with E-state index in [0.717, 1.165) is 34.1 Å². The van der Waals surface area contributed by atoms with E-state index in [0.29, 0.717) is 6.54 Å². The summed E-state index contributed by atoms with van der Waals surface area (Å²) >= 11 is 1.12. The Kier molecular flexibility index (Phi) is 6.43. The molecule has 0 bridgehead atoms. The molecule has 4 nitrogen and oxygen atoms in total. The molecule has 0 aromatic heterocycles. The van der Waals surface area contributed by atoms with Crippen LogP contribution in [0.4, 0.5) is 10.5 Å². The van der Waals surface area contributed by atoms with Crippen LogP contribution in [-0.4, -0.2) is 23.1 Å². The molecular weight excluding hydrogens is 452 g/mol. The predicted octanol–water partition coefficient (Wildman–Crippen LogP) is 6.66. The van der Waals surface area contributed by atoms with Crippen molar-refractivity contribution in [1.82, 2.24) is 4.90 Å². The highest BCUT2D eigenvalue weighted by Gasteiger charge is 2.64. The van der Waals surface area contributed by atoms with Gasteiger partial charge < -0.3 is 9.80 Å². The molecule has 0 unspecified atom stereocenters. The second-order valence-corrected chi connectivity index (χ2v) is 9.83. The molecular formula is C30H26N2O2S. The average molecular weight is 479 g/mol. The van der Waals surface area contributed by atoms with Gasteiger partial charge in [-0.25, -0.2) is 0 Å². The molecule has 1 saturated heterocycles.